The number of ether oxygens (including phenoxy) is 2. The van der Waals surface area contributed by atoms with Crippen molar-refractivity contribution in [2.24, 2.45) is 0 Å². The Morgan fingerprint density at radius 1 is 1.03 bits per heavy atom. The first kappa shape index (κ1) is 19.7. The third kappa shape index (κ3) is 4.36. The van der Waals surface area contributed by atoms with Crippen LogP contribution in [0.25, 0.3) is 0 Å². The summed E-state index contributed by atoms with van der Waals surface area (Å²) in [6.07, 6.45) is 0. The summed E-state index contributed by atoms with van der Waals surface area (Å²) in [5, 5.41) is 0.520. The average Bonchev–Trinajstić information content (AvgIpc) is 3.15. The van der Waals surface area contributed by atoms with Gasteiger partial charge in [-0.2, -0.15) is 0 Å². The van der Waals surface area contributed by atoms with E-state index in [0.717, 1.165) is 16.8 Å². The molecule has 0 spiro atoms. The van der Waals surface area contributed by atoms with Gasteiger partial charge in [0.1, 0.15) is 12.0 Å². The van der Waals surface area contributed by atoms with Crippen molar-refractivity contribution in [1.29, 1.82) is 0 Å². The summed E-state index contributed by atoms with van der Waals surface area (Å²) in [6.45, 7) is 0.462. The second-order valence-corrected chi connectivity index (χ2v) is 8.09. The number of hydrogen-bond donors (Lipinski definition) is 0. The maximum absolute atomic E-state index is 12.5. The summed E-state index contributed by atoms with van der Waals surface area (Å²) in [6, 6.07) is 23.2. The molecule has 6 heteroatoms. The first-order chi connectivity index (χ1) is 14.2. The molecule has 1 amide bonds. The zero-order valence-corrected chi connectivity index (χ0v) is 17.5. The van der Waals surface area contributed by atoms with E-state index in [2.05, 4.69) is 0 Å². The van der Waals surface area contributed by atoms with Crippen molar-refractivity contribution in [1.82, 2.24) is 0 Å². The van der Waals surface area contributed by atoms with Crippen molar-refractivity contribution in [3.05, 3.63) is 88.9 Å². The number of thioether (sulfide) groups is 1. The number of benzene rings is 3. The number of halogens is 1. The smallest absolute Gasteiger partial charge is 0.238 e. The van der Waals surface area contributed by atoms with Crippen LogP contribution in [0.1, 0.15) is 16.5 Å². The number of carbonyl (C=O) groups excluding carboxylic acids is 1. The van der Waals surface area contributed by atoms with Crippen molar-refractivity contribution < 1.29 is 14.3 Å². The highest BCUT2D eigenvalue weighted by Gasteiger charge is 2.34. The molecule has 0 radical (unpaired) electrons. The molecule has 1 saturated heterocycles. The standard InChI is InChI=1S/C23H20ClNO3S/c1-27-21-13-17(7-12-20(21)28-14-16-5-3-2-4-6-16)23-25(22(26)15-29-23)19-10-8-18(24)9-11-19/h2-13,23H,14-15H2,1H3/t23-/m1/s1. The molecule has 29 heavy (non-hydrogen) atoms. The maximum Gasteiger partial charge on any atom is 0.238 e. The summed E-state index contributed by atoms with van der Waals surface area (Å²) in [7, 11) is 1.62. The van der Waals surface area contributed by atoms with Gasteiger partial charge >= 0.3 is 0 Å². The average molecular weight is 426 g/mol. The SMILES string of the molecule is COc1cc([C@H]2SCC(=O)N2c2ccc(Cl)cc2)ccc1OCc1ccccc1. The van der Waals surface area contributed by atoms with Crippen molar-refractivity contribution in [3.63, 3.8) is 0 Å². The Morgan fingerprint density at radius 3 is 2.52 bits per heavy atom. The molecule has 1 atom stereocenters. The highest BCUT2D eigenvalue weighted by molar-refractivity contribution is 8.00. The number of amides is 1. The lowest BCUT2D eigenvalue weighted by Gasteiger charge is -2.25. The van der Waals surface area contributed by atoms with Gasteiger partial charge in [0.05, 0.1) is 12.9 Å². The van der Waals surface area contributed by atoms with Gasteiger partial charge in [-0.25, -0.2) is 0 Å². The van der Waals surface area contributed by atoms with Crippen LogP contribution in [-0.4, -0.2) is 18.8 Å². The van der Waals surface area contributed by atoms with E-state index >= 15 is 0 Å². The summed E-state index contributed by atoms with van der Waals surface area (Å²) < 4.78 is 11.5. The van der Waals surface area contributed by atoms with E-state index in [-0.39, 0.29) is 11.3 Å². The Bertz CT molecular complexity index is 995. The van der Waals surface area contributed by atoms with Crippen LogP contribution < -0.4 is 14.4 Å². The third-order valence-corrected chi connectivity index (χ3v) is 6.15. The normalized spacial score (nSPS) is 16.1. The molecule has 0 aromatic heterocycles. The second-order valence-electron chi connectivity index (χ2n) is 6.59. The maximum atomic E-state index is 12.5. The second kappa shape index (κ2) is 8.80. The lowest BCUT2D eigenvalue weighted by molar-refractivity contribution is -0.115. The predicted octanol–water partition coefficient (Wildman–Crippen LogP) is 5.71. The fourth-order valence-corrected chi connectivity index (χ4v) is 4.54. The van der Waals surface area contributed by atoms with Crippen LogP contribution in [0.2, 0.25) is 5.02 Å². The molecule has 4 rings (SSSR count). The molecule has 0 bridgehead atoms. The molecule has 1 fully saturated rings. The first-order valence-electron chi connectivity index (χ1n) is 9.19. The molecule has 1 heterocycles. The molecular formula is C23H20ClNO3S. The van der Waals surface area contributed by atoms with Gasteiger partial charge in [0.2, 0.25) is 5.91 Å². The number of carbonyl (C=O) groups is 1. The molecule has 0 saturated carbocycles. The van der Waals surface area contributed by atoms with E-state index in [1.165, 1.54) is 0 Å². The highest BCUT2D eigenvalue weighted by atomic mass is 35.5. The van der Waals surface area contributed by atoms with Crippen LogP contribution in [-0.2, 0) is 11.4 Å². The third-order valence-electron chi connectivity index (χ3n) is 4.68. The van der Waals surface area contributed by atoms with E-state index in [1.807, 2.05) is 60.7 Å². The molecule has 0 unspecified atom stereocenters. The lowest BCUT2D eigenvalue weighted by atomic mass is 10.1. The first-order valence-corrected chi connectivity index (χ1v) is 10.6. The fraction of sp³-hybridized carbons (Fsp3) is 0.174. The predicted molar refractivity (Wildman–Crippen MR) is 118 cm³/mol. The van der Waals surface area contributed by atoms with Gasteiger partial charge in [-0.05, 0) is 47.5 Å². The molecule has 1 aliphatic heterocycles. The summed E-state index contributed by atoms with van der Waals surface area (Å²) in [5.41, 5.74) is 2.90. The number of rotatable bonds is 6. The summed E-state index contributed by atoms with van der Waals surface area (Å²) in [5.74, 6) is 1.83. The van der Waals surface area contributed by atoms with E-state index in [9.17, 15) is 4.79 Å². The van der Waals surface area contributed by atoms with Gasteiger partial charge in [0.25, 0.3) is 0 Å². The van der Waals surface area contributed by atoms with Crippen LogP contribution in [0.5, 0.6) is 11.5 Å². The Hall–Kier alpha value is -2.63. The van der Waals surface area contributed by atoms with E-state index in [4.69, 9.17) is 21.1 Å². The van der Waals surface area contributed by atoms with Gasteiger partial charge in [0, 0.05) is 10.7 Å². The van der Waals surface area contributed by atoms with Crippen molar-refractivity contribution in [2.45, 2.75) is 12.0 Å². The monoisotopic (exact) mass is 425 g/mol. The molecule has 0 N–H and O–H groups in total. The number of hydrogen-bond acceptors (Lipinski definition) is 4. The number of anilines is 1. The van der Waals surface area contributed by atoms with E-state index in [1.54, 1.807) is 35.9 Å². The van der Waals surface area contributed by atoms with Gasteiger partial charge in [-0.1, -0.05) is 48.0 Å². The van der Waals surface area contributed by atoms with Gasteiger partial charge in [-0.15, -0.1) is 11.8 Å². The topological polar surface area (TPSA) is 38.8 Å². The summed E-state index contributed by atoms with van der Waals surface area (Å²) in [4.78, 5) is 14.3. The van der Waals surface area contributed by atoms with Crippen molar-refractivity contribution in [3.8, 4) is 11.5 Å². The number of methoxy groups -OCH3 is 1. The zero-order valence-electron chi connectivity index (χ0n) is 15.9. The summed E-state index contributed by atoms with van der Waals surface area (Å²) >= 11 is 7.59. The van der Waals surface area contributed by atoms with Gasteiger partial charge in [0.15, 0.2) is 11.5 Å². The minimum Gasteiger partial charge on any atom is -0.493 e. The van der Waals surface area contributed by atoms with E-state index < -0.39 is 0 Å². The van der Waals surface area contributed by atoms with Crippen LogP contribution in [0.15, 0.2) is 72.8 Å². The Morgan fingerprint density at radius 2 is 1.79 bits per heavy atom. The fourth-order valence-electron chi connectivity index (χ4n) is 3.24. The largest absolute Gasteiger partial charge is 0.493 e. The lowest BCUT2D eigenvalue weighted by Crippen LogP contribution is -2.27. The zero-order chi connectivity index (χ0) is 20.2. The Kier molecular flexibility index (Phi) is 5.97. The van der Waals surface area contributed by atoms with Crippen molar-refractivity contribution >= 4 is 35.0 Å². The van der Waals surface area contributed by atoms with Crippen LogP contribution in [0.4, 0.5) is 5.69 Å². The Balaban J connectivity index is 1.57. The van der Waals surface area contributed by atoms with Gasteiger partial charge < -0.3 is 9.47 Å². The van der Waals surface area contributed by atoms with Crippen molar-refractivity contribution in [2.75, 3.05) is 17.8 Å². The highest BCUT2D eigenvalue weighted by Crippen LogP contribution is 2.44. The quantitative estimate of drug-likeness (QED) is 0.507. The van der Waals surface area contributed by atoms with Crippen LogP contribution in [0.3, 0.4) is 0 Å². The molecule has 0 aliphatic carbocycles. The molecule has 3 aromatic rings. The molecule has 148 valence electrons. The van der Waals surface area contributed by atoms with E-state index in [0.29, 0.717) is 28.9 Å². The number of nitrogens with zero attached hydrogens (tertiary/aromatic N) is 1. The minimum atomic E-state index is -0.124. The molecular weight excluding hydrogens is 406 g/mol. The minimum absolute atomic E-state index is 0.0747. The van der Waals surface area contributed by atoms with Crippen LogP contribution in [0, 0.1) is 0 Å². The molecule has 3 aromatic carbocycles. The van der Waals surface area contributed by atoms with Crippen LogP contribution >= 0.6 is 23.4 Å². The Labute approximate surface area is 179 Å². The van der Waals surface area contributed by atoms with Gasteiger partial charge in [-0.3, -0.25) is 9.69 Å². The molecule has 1 aliphatic rings. The molecule has 4 nitrogen and oxygen atoms in total.